The Hall–Kier alpha value is -3.17. The summed E-state index contributed by atoms with van der Waals surface area (Å²) in [6.45, 7) is 1.68. The average Bonchev–Trinajstić information content (AvgIpc) is 3.28. The lowest BCUT2D eigenvalue weighted by Crippen LogP contribution is -2.42. The van der Waals surface area contributed by atoms with Gasteiger partial charge < -0.3 is 4.42 Å². The fraction of sp³-hybridized carbons (Fsp3) is 0.111. The number of amides is 3. The maximum atomic E-state index is 12.1. The van der Waals surface area contributed by atoms with Crippen LogP contribution in [0.3, 0.4) is 0 Å². The van der Waals surface area contributed by atoms with Crippen molar-refractivity contribution < 1.29 is 18.8 Å². The van der Waals surface area contributed by atoms with Crippen molar-refractivity contribution in [1.29, 1.82) is 0 Å². The third-order valence-corrected chi connectivity index (χ3v) is 4.66. The molecule has 0 saturated carbocycles. The summed E-state index contributed by atoms with van der Waals surface area (Å²) in [5.74, 6) is -0.781. The summed E-state index contributed by atoms with van der Waals surface area (Å²) < 4.78 is 5.09. The number of hydrazine groups is 1. The molecule has 2 heterocycles. The van der Waals surface area contributed by atoms with Gasteiger partial charge in [-0.3, -0.25) is 30.6 Å². The number of halogens is 1. The minimum atomic E-state index is -0.488. The number of aromatic nitrogens is 1. The van der Waals surface area contributed by atoms with Crippen LogP contribution in [-0.2, 0) is 11.2 Å². The van der Waals surface area contributed by atoms with E-state index < -0.39 is 11.8 Å². The Balaban J connectivity index is 1.50. The van der Waals surface area contributed by atoms with Gasteiger partial charge in [0.15, 0.2) is 5.13 Å². The smallest absolute Gasteiger partial charge is 0.269 e. The van der Waals surface area contributed by atoms with Crippen molar-refractivity contribution >= 4 is 45.8 Å². The first-order valence-corrected chi connectivity index (χ1v) is 9.32. The molecule has 2 aromatic heterocycles. The van der Waals surface area contributed by atoms with Crippen molar-refractivity contribution in [1.82, 2.24) is 15.8 Å². The van der Waals surface area contributed by atoms with E-state index in [4.69, 9.17) is 16.0 Å². The predicted molar refractivity (Wildman–Crippen MR) is 104 cm³/mol. The molecule has 0 aliphatic rings. The zero-order valence-electron chi connectivity index (χ0n) is 14.6. The summed E-state index contributed by atoms with van der Waals surface area (Å²) in [4.78, 5) is 40.3. The minimum Gasteiger partial charge on any atom is -0.469 e. The molecular weight excluding hydrogens is 404 g/mol. The van der Waals surface area contributed by atoms with Crippen LogP contribution in [0.15, 0.2) is 46.4 Å². The van der Waals surface area contributed by atoms with Crippen molar-refractivity contribution in [3.63, 3.8) is 0 Å². The standard InChI is InChI=1S/C18H15ClN4O4S/c1-10-14(5-6-27-10)17(26)21-18-20-13(9-28-18)8-15(24)22-23-16(25)11-3-2-4-12(19)7-11/h2-7,9H,8H2,1H3,(H,22,24)(H,23,25)(H,20,21,26). The van der Waals surface area contributed by atoms with Gasteiger partial charge in [0.05, 0.1) is 23.9 Å². The molecule has 0 aliphatic carbocycles. The highest BCUT2D eigenvalue weighted by molar-refractivity contribution is 7.14. The first-order valence-electron chi connectivity index (χ1n) is 8.07. The lowest BCUT2D eigenvalue weighted by Gasteiger charge is -2.06. The summed E-state index contributed by atoms with van der Waals surface area (Å²) >= 11 is 7.02. The van der Waals surface area contributed by atoms with Gasteiger partial charge in [-0.1, -0.05) is 17.7 Å². The van der Waals surface area contributed by atoms with Crippen LogP contribution in [0.4, 0.5) is 5.13 Å². The molecule has 0 atom stereocenters. The van der Waals surface area contributed by atoms with Crippen LogP contribution >= 0.6 is 22.9 Å². The Bertz CT molecular complexity index is 1030. The monoisotopic (exact) mass is 418 g/mol. The van der Waals surface area contributed by atoms with Gasteiger partial charge in [0.1, 0.15) is 5.76 Å². The number of benzene rings is 1. The summed E-state index contributed by atoms with van der Waals surface area (Å²) in [7, 11) is 0. The molecule has 144 valence electrons. The second kappa shape index (κ2) is 8.68. The van der Waals surface area contributed by atoms with E-state index in [0.29, 0.717) is 32.7 Å². The number of rotatable bonds is 5. The molecule has 0 spiro atoms. The SMILES string of the molecule is Cc1occc1C(=O)Nc1nc(CC(=O)NNC(=O)c2cccc(Cl)c2)cs1. The maximum absolute atomic E-state index is 12.1. The number of nitrogens with one attached hydrogen (secondary N) is 3. The average molecular weight is 419 g/mol. The topological polar surface area (TPSA) is 113 Å². The first-order chi connectivity index (χ1) is 13.4. The molecule has 0 fully saturated rings. The molecule has 0 unspecified atom stereocenters. The Morgan fingerprint density at radius 2 is 2.00 bits per heavy atom. The van der Waals surface area contributed by atoms with Crippen LogP contribution in [0.25, 0.3) is 0 Å². The van der Waals surface area contributed by atoms with E-state index >= 15 is 0 Å². The lowest BCUT2D eigenvalue weighted by molar-refractivity contribution is -0.121. The summed E-state index contributed by atoms with van der Waals surface area (Å²) in [6.07, 6.45) is 1.37. The summed E-state index contributed by atoms with van der Waals surface area (Å²) in [6, 6.07) is 7.90. The number of aryl methyl sites for hydroxylation is 1. The number of thiazole rings is 1. The van der Waals surface area contributed by atoms with Crippen LogP contribution < -0.4 is 16.2 Å². The van der Waals surface area contributed by atoms with Crippen molar-refractivity contribution in [2.45, 2.75) is 13.3 Å². The zero-order chi connectivity index (χ0) is 20.1. The lowest BCUT2D eigenvalue weighted by atomic mass is 10.2. The molecular formula is C18H15ClN4O4S. The molecule has 3 aromatic rings. The Labute approximate surface area is 168 Å². The predicted octanol–water partition coefficient (Wildman–Crippen LogP) is 2.95. The Kier molecular flexibility index (Phi) is 6.07. The minimum absolute atomic E-state index is 0.0626. The van der Waals surface area contributed by atoms with Gasteiger partial charge in [0, 0.05) is 16.0 Å². The number of nitrogens with zero attached hydrogens (tertiary/aromatic N) is 1. The van der Waals surface area contributed by atoms with Crippen LogP contribution in [0, 0.1) is 6.92 Å². The van der Waals surface area contributed by atoms with Crippen molar-refractivity contribution in [3.05, 3.63) is 69.6 Å². The van der Waals surface area contributed by atoms with E-state index in [1.807, 2.05) is 0 Å². The Morgan fingerprint density at radius 1 is 1.18 bits per heavy atom. The van der Waals surface area contributed by atoms with E-state index in [0.717, 1.165) is 0 Å². The maximum Gasteiger partial charge on any atom is 0.269 e. The normalized spacial score (nSPS) is 10.4. The van der Waals surface area contributed by atoms with Crippen molar-refractivity contribution in [3.8, 4) is 0 Å². The molecule has 3 amide bonds. The van der Waals surface area contributed by atoms with Crippen LogP contribution in [0.5, 0.6) is 0 Å². The number of anilines is 1. The number of hydrogen-bond donors (Lipinski definition) is 3. The first kappa shape index (κ1) is 19.6. The molecule has 0 radical (unpaired) electrons. The van der Waals surface area contributed by atoms with E-state index in [9.17, 15) is 14.4 Å². The van der Waals surface area contributed by atoms with Gasteiger partial charge in [-0.2, -0.15) is 0 Å². The molecule has 3 rings (SSSR count). The number of carbonyl (C=O) groups excluding carboxylic acids is 3. The van der Waals surface area contributed by atoms with E-state index in [1.165, 1.54) is 23.7 Å². The highest BCUT2D eigenvalue weighted by Gasteiger charge is 2.15. The van der Waals surface area contributed by atoms with Gasteiger partial charge in [-0.25, -0.2) is 4.98 Å². The van der Waals surface area contributed by atoms with Gasteiger partial charge >= 0.3 is 0 Å². The molecule has 0 aliphatic heterocycles. The molecule has 0 bridgehead atoms. The third kappa shape index (κ3) is 4.96. The second-order valence-electron chi connectivity index (χ2n) is 5.68. The number of hydrogen-bond acceptors (Lipinski definition) is 6. The van der Waals surface area contributed by atoms with Gasteiger partial charge in [-0.15, -0.1) is 11.3 Å². The molecule has 1 aromatic carbocycles. The molecule has 0 saturated heterocycles. The quantitative estimate of drug-likeness (QED) is 0.551. The summed E-state index contributed by atoms with van der Waals surface area (Å²) in [5.41, 5.74) is 5.81. The van der Waals surface area contributed by atoms with E-state index in [2.05, 4.69) is 21.2 Å². The fourth-order valence-corrected chi connectivity index (χ4v) is 3.16. The summed E-state index contributed by atoms with van der Waals surface area (Å²) in [5, 5.41) is 5.08. The highest BCUT2D eigenvalue weighted by atomic mass is 35.5. The molecule has 10 heteroatoms. The van der Waals surface area contributed by atoms with Crippen molar-refractivity contribution in [2.75, 3.05) is 5.32 Å². The van der Waals surface area contributed by atoms with E-state index in [1.54, 1.807) is 36.6 Å². The zero-order valence-corrected chi connectivity index (χ0v) is 16.2. The van der Waals surface area contributed by atoms with Gasteiger partial charge in [0.25, 0.3) is 11.8 Å². The largest absolute Gasteiger partial charge is 0.469 e. The molecule has 28 heavy (non-hydrogen) atoms. The molecule has 3 N–H and O–H groups in total. The number of carbonyl (C=O) groups is 3. The number of furan rings is 1. The van der Waals surface area contributed by atoms with Gasteiger partial charge in [0.2, 0.25) is 5.91 Å². The van der Waals surface area contributed by atoms with Crippen molar-refractivity contribution in [2.24, 2.45) is 0 Å². The third-order valence-electron chi connectivity index (χ3n) is 3.62. The van der Waals surface area contributed by atoms with Gasteiger partial charge in [-0.05, 0) is 31.2 Å². The fourth-order valence-electron chi connectivity index (χ4n) is 2.27. The second-order valence-corrected chi connectivity index (χ2v) is 6.97. The van der Waals surface area contributed by atoms with Crippen LogP contribution in [-0.4, -0.2) is 22.7 Å². The van der Waals surface area contributed by atoms with Crippen LogP contribution in [0.2, 0.25) is 5.02 Å². The van der Waals surface area contributed by atoms with E-state index in [-0.39, 0.29) is 12.3 Å². The Morgan fingerprint density at radius 3 is 2.71 bits per heavy atom. The van der Waals surface area contributed by atoms with Crippen LogP contribution in [0.1, 0.15) is 32.2 Å². The molecule has 8 nitrogen and oxygen atoms in total. The highest BCUT2D eigenvalue weighted by Crippen LogP contribution is 2.18.